The number of carbonyl (C=O) groups excluding carboxylic acids is 3. The lowest BCUT2D eigenvalue weighted by atomic mass is 9.92. The number of para-hydroxylation sites is 2. The standard InChI is InChI=1S/C27H30N6O3/c1-33(2)25(20(17-34)18-8-4-3-5-9-18)15-14-22(32-27(29)36)19-12-13-24(30-16-19)26(35)31-23-11-7-6-10-21(23)28/h3-13,16,22,25H,14-15,28H2,1-2H3,(H,31,35)(H3,29,32,36). The maximum absolute atomic E-state index is 12.6. The molecule has 36 heavy (non-hydrogen) atoms. The summed E-state index contributed by atoms with van der Waals surface area (Å²) >= 11 is 0. The number of carbonyl (C=O) groups is 2. The maximum Gasteiger partial charge on any atom is 0.312 e. The number of nitrogens with zero attached hydrogens (tertiary/aromatic N) is 2. The van der Waals surface area contributed by atoms with Gasteiger partial charge in [-0.3, -0.25) is 9.78 Å². The van der Waals surface area contributed by atoms with Crippen LogP contribution in [0.25, 0.3) is 5.57 Å². The summed E-state index contributed by atoms with van der Waals surface area (Å²) in [6.45, 7) is 0. The molecule has 2 atom stereocenters. The number of rotatable bonds is 10. The van der Waals surface area contributed by atoms with Gasteiger partial charge in [0.2, 0.25) is 0 Å². The molecule has 2 aromatic carbocycles. The molecule has 0 aliphatic rings. The van der Waals surface area contributed by atoms with Crippen molar-refractivity contribution in [3.8, 4) is 0 Å². The lowest BCUT2D eigenvalue weighted by Crippen LogP contribution is -2.35. The number of amides is 3. The van der Waals surface area contributed by atoms with Gasteiger partial charge < -0.3 is 27.0 Å². The number of hydrogen-bond acceptors (Lipinski definition) is 6. The number of hydrogen-bond donors (Lipinski definition) is 4. The fourth-order valence-corrected chi connectivity index (χ4v) is 3.96. The molecule has 0 aliphatic heterocycles. The summed E-state index contributed by atoms with van der Waals surface area (Å²) in [6.07, 6.45) is 2.53. The van der Waals surface area contributed by atoms with Crippen LogP contribution < -0.4 is 22.1 Å². The zero-order valence-electron chi connectivity index (χ0n) is 20.3. The van der Waals surface area contributed by atoms with E-state index in [1.165, 1.54) is 6.20 Å². The van der Waals surface area contributed by atoms with Crippen molar-refractivity contribution in [3.05, 3.63) is 89.7 Å². The van der Waals surface area contributed by atoms with Crippen LogP contribution in [0.4, 0.5) is 16.2 Å². The molecular formula is C27H30N6O3. The molecule has 2 unspecified atom stereocenters. The van der Waals surface area contributed by atoms with Gasteiger partial charge in [0.25, 0.3) is 5.91 Å². The Kier molecular flexibility index (Phi) is 8.94. The monoisotopic (exact) mass is 486 g/mol. The smallest absolute Gasteiger partial charge is 0.312 e. The van der Waals surface area contributed by atoms with E-state index in [2.05, 4.69) is 21.6 Å². The third-order valence-electron chi connectivity index (χ3n) is 5.83. The molecule has 0 saturated carbocycles. The van der Waals surface area contributed by atoms with Crippen molar-refractivity contribution in [2.24, 2.45) is 5.73 Å². The molecule has 6 N–H and O–H groups in total. The van der Waals surface area contributed by atoms with Crippen LogP contribution in [0, 0.1) is 0 Å². The van der Waals surface area contributed by atoms with Crippen LogP contribution in [-0.4, -0.2) is 47.9 Å². The van der Waals surface area contributed by atoms with Crippen molar-refractivity contribution in [1.82, 2.24) is 15.2 Å². The summed E-state index contributed by atoms with van der Waals surface area (Å²) in [7, 11) is 3.77. The number of aromatic nitrogens is 1. The summed E-state index contributed by atoms with van der Waals surface area (Å²) in [5.41, 5.74) is 14.5. The number of benzene rings is 2. The van der Waals surface area contributed by atoms with E-state index in [0.717, 1.165) is 5.56 Å². The molecule has 3 rings (SSSR count). The third kappa shape index (κ3) is 6.79. The summed E-state index contributed by atoms with van der Waals surface area (Å²) in [5.74, 6) is 1.69. The van der Waals surface area contributed by atoms with Gasteiger partial charge in [-0.25, -0.2) is 9.59 Å². The van der Waals surface area contributed by atoms with E-state index in [-0.39, 0.29) is 11.7 Å². The Morgan fingerprint density at radius 3 is 2.28 bits per heavy atom. The van der Waals surface area contributed by atoms with Crippen molar-refractivity contribution in [3.63, 3.8) is 0 Å². The molecule has 1 heterocycles. The largest absolute Gasteiger partial charge is 0.397 e. The second-order valence-corrected chi connectivity index (χ2v) is 8.52. The minimum absolute atomic E-state index is 0.196. The van der Waals surface area contributed by atoms with Crippen LogP contribution in [0.5, 0.6) is 0 Å². The molecule has 1 aromatic heterocycles. The normalized spacial score (nSPS) is 12.3. The van der Waals surface area contributed by atoms with E-state index in [1.807, 2.05) is 49.3 Å². The Morgan fingerprint density at radius 1 is 1.00 bits per heavy atom. The summed E-state index contributed by atoms with van der Waals surface area (Å²) < 4.78 is 0. The molecule has 0 aliphatic carbocycles. The number of pyridine rings is 1. The molecule has 9 nitrogen and oxygen atoms in total. The number of likely N-dealkylation sites (N-methyl/N-ethyl adjacent to an activating group) is 1. The number of nitrogens with one attached hydrogen (secondary N) is 2. The quantitative estimate of drug-likeness (QED) is 0.256. The van der Waals surface area contributed by atoms with E-state index >= 15 is 0 Å². The molecule has 9 heteroatoms. The average Bonchev–Trinajstić information content (AvgIpc) is 2.87. The molecular weight excluding hydrogens is 456 g/mol. The highest BCUT2D eigenvalue weighted by Gasteiger charge is 2.23. The Hall–Kier alpha value is -4.46. The van der Waals surface area contributed by atoms with Crippen molar-refractivity contribution < 1.29 is 14.4 Å². The fraction of sp³-hybridized carbons (Fsp3) is 0.222. The first-order valence-electron chi connectivity index (χ1n) is 11.4. The van der Waals surface area contributed by atoms with E-state index < -0.39 is 18.0 Å². The summed E-state index contributed by atoms with van der Waals surface area (Å²) in [5, 5.41) is 5.47. The van der Waals surface area contributed by atoms with Crippen LogP contribution in [0.1, 0.15) is 40.5 Å². The van der Waals surface area contributed by atoms with E-state index in [1.54, 1.807) is 36.4 Å². The minimum atomic E-state index is -0.683. The SMILES string of the molecule is CN(C)C(CCC(NC(N)=O)c1ccc(C(=O)Nc2ccccc2N)nc1)C(=C=O)c1ccccc1. The first kappa shape index (κ1) is 26.2. The zero-order valence-corrected chi connectivity index (χ0v) is 20.3. The highest BCUT2D eigenvalue weighted by atomic mass is 16.2. The Bertz CT molecular complexity index is 1240. The molecule has 3 aromatic rings. The fourth-order valence-electron chi connectivity index (χ4n) is 3.96. The molecule has 0 bridgehead atoms. The summed E-state index contributed by atoms with van der Waals surface area (Å²) in [4.78, 5) is 42.4. The number of nitrogen functional groups attached to an aromatic ring is 1. The van der Waals surface area contributed by atoms with Gasteiger partial charge in [0, 0.05) is 12.2 Å². The Balaban J connectivity index is 1.76. The number of urea groups is 1. The Morgan fingerprint density at radius 2 is 1.69 bits per heavy atom. The van der Waals surface area contributed by atoms with Crippen LogP contribution in [0.15, 0.2) is 72.9 Å². The molecule has 0 fully saturated rings. The zero-order chi connectivity index (χ0) is 26.1. The number of anilines is 2. The first-order valence-corrected chi connectivity index (χ1v) is 11.4. The van der Waals surface area contributed by atoms with Gasteiger partial charge in [-0.1, -0.05) is 48.5 Å². The molecule has 3 amide bonds. The predicted molar refractivity (Wildman–Crippen MR) is 141 cm³/mol. The van der Waals surface area contributed by atoms with Gasteiger partial charge in [-0.05, 0) is 56.3 Å². The van der Waals surface area contributed by atoms with Crippen molar-refractivity contribution in [1.29, 1.82) is 0 Å². The van der Waals surface area contributed by atoms with Gasteiger partial charge in [0.1, 0.15) is 11.6 Å². The number of primary amides is 1. The van der Waals surface area contributed by atoms with Crippen LogP contribution >= 0.6 is 0 Å². The first-order chi connectivity index (χ1) is 17.3. The second-order valence-electron chi connectivity index (χ2n) is 8.52. The Labute approximate surface area is 210 Å². The molecule has 0 spiro atoms. The summed E-state index contributed by atoms with van der Waals surface area (Å²) in [6, 6.07) is 18.2. The molecule has 0 saturated heterocycles. The molecule has 0 radical (unpaired) electrons. The third-order valence-corrected chi connectivity index (χ3v) is 5.83. The van der Waals surface area contributed by atoms with Crippen LogP contribution in [0.3, 0.4) is 0 Å². The van der Waals surface area contributed by atoms with Crippen molar-refractivity contribution in [2.75, 3.05) is 25.1 Å². The van der Waals surface area contributed by atoms with E-state index in [9.17, 15) is 14.4 Å². The van der Waals surface area contributed by atoms with Crippen molar-refractivity contribution >= 4 is 34.8 Å². The van der Waals surface area contributed by atoms with E-state index in [0.29, 0.717) is 35.4 Å². The van der Waals surface area contributed by atoms with E-state index in [4.69, 9.17) is 11.5 Å². The lowest BCUT2D eigenvalue weighted by molar-refractivity contribution is 0.102. The van der Waals surface area contributed by atoms with Gasteiger partial charge >= 0.3 is 6.03 Å². The van der Waals surface area contributed by atoms with Crippen LogP contribution in [-0.2, 0) is 4.79 Å². The minimum Gasteiger partial charge on any atom is -0.397 e. The second kappa shape index (κ2) is 12.3. The van der Waals surface area contributed by atoms with Gasteiger partial charge in [-0.2, -0.15) is 0 Å². The topological polar surface area (TPSA) is 143 Å². The highest BCUT2D eigenvalue weighted by molar-refractivity contribution is 6.04. The van der Waals surface area contributed by atoms with Crippen LogP contribution in [0.2, 0.25) is 0 Å². The van der Waals surface area contributed by atoms with Gasteiger partial charge in [0.05, 0.1) is 23.0 Å². The molecule has 186 valence electrons. The van der Waals surface area contributed by atoms with Gasteiger partial charge in [0.15, 0.2) is 0 Å². The maximum atomic E-state index is 12.6. The average molecular weight is 487 g/mol. The van der Waals surface area contributed by atoms with Crippen molar-refractivity contribution in [2.45, 2.75) is 24.9 Å². The highest BCUT2D eigenvalue weighted by Crippen LogP contribution is 2.27. The van der Waals surface area contributed by atoms with Gasteiger partial charge in [-0.15, -0.1) is 0 Å². The number of nitrogens with two attached hydrogens (primary N) is 2. The lowest BCUT2D eigenvalue weighted by Gasteiger charge is -2.27. The predicted octanol–water partition coefficient (Wildman–Crippen LogP) is 3.25.